The van der Waals surface area contributed by atoms with E-state index in [-0.39, 0.29) is 11.1 Å². The zero-order valence-corrected chi connectivity index (χ0v) is 9.89. The summed E-state index contributed by atoms with van der Waals surface area (Å²) in [5, 5.41) is -0.851. The van der Waals surface area contributed by atoms with E-state index in [0.717, 1.165) is 25.3 Å². The van der Waals surface area contributed by atoms with E-state index in [9.17, 15) is 18.0 Å². The van der Waals surface area contributed by atoms with Crippen LogP contribution >= 0.6 is 11.6 Å². The molecule has 1 aromatic carbocycles. The second-order valence-electron chi connectivity index (χ2n) is 3.41. The van der Waals surface area contributed by atoms with Crippen molar-refractivity contribution >= 4 is 17.6 Å². The molecule has 1 aromatic rings. The summed E-state index contributed by atoms with van der Waals surface area (Å²) in [6, 6.07) is 3.00. The maximum absolute atomic E-state index is 12.6. The third kappa shape index (κ3) is 3.12. The quantitative estimate of drug-likeness (QED) is 0.601. The Hall–Kier alpha value is -1.23. The smallest absolute Gasteiger partial charge is 0.416 e. The van der Waals surface area contributed by atoms with E-state index in [4.69, 9.17) is 11.6 Å². The van der Waals surface area contributed by atoms with Crippen LogP contribution in [0.4, 0.5) is 13.2 Å². The number of hydrogen-bond acceptors (Lipinski definition) is 2. The molecule has 6 heteroatoms. The average molecular weight is 267 g/mol. The number of carbonyl (C=O) groups is 1. The van der Waals surface area contributed by atoms with Crippen LogP contribution in [0.2, 0.25) is 0 Å². The number of halogens is 4. The minimum atomic E-state index is -4.49. The molecule has 2 nitrogen and oxygen atoms in total. The molecule has 0 radical (unpaired) electrons. The fraction of sp³-hybridized carbons (Fsp3) is 0.364. The predicted octanol–water partition coefficient (Wildman–Crippen LogP) is 3.79. The van der Waals surface area contributed by atoms with Crippen LogP contribution in [0.15, 0.2) is 18.2 Å². The molecule has 0 amide bonds. The van der Waals surface area contributed by atoms with Gasteiger partial charge < -0.3 is 4.74 Å². The number of rotatable bonds is 2. The largest absolute Gasteiger partial charge is 0.465 e. The normalized spacial score (nSPS) is 13.3. The highest BCUT2D eigenvalue weighted by Crippen LogP contribution is 2.36. The molecule has 0 N–H and O–H groups in total. The minimum absolute atomic E-state index is 0.0444. The van der Waals surface area contributed by atoms with Crippen LogP contribution < -0.4 is 0 Å². The van der Waals surface area contributed by atoms with Gasteiger partial charge in [-0.3, -0.25) is 0 Å². The Morgan fingerprint density at radius 1 is 1.41 bits per heavy atom. The van der Waals surface area contributed by atoms with E-state index < -0.39 is 23.1 Å². The second-order valence-corrected chi connectivity index (χ2v) is 4.06. The fourth-order valence-electron chi connectivity index (χ4n) is 1.39. The highest BCUT2D eigenvalue weighted by atomic mass is 35.5. The highest BCUT2D eigenvalue weighted by Gasteiger charge is 2.34. The zero-order valence-electron chi connectivity index (χ0n) is 9.14. The van der Waals surface area contributed by atoms with Crippen LogP contribution in [0.3, 0.4) is 0 Å². The topological polar surface area (TPSA) is 26.3 Å². The molecule has 0 bridgehead atoms. The summed E-state index contributed by atoms with van der Waals surface area (Å²) in [6.45, 7) is 1.41. The number of methoxy groups -OCH3 is 1. The number of esters is 1. The summed E-state index contributed by atoms with van der Waals surface area (Å²) >= 11 is 5.68. The third-order valence-electron chi connectivity index (χ3n) is 2.21. The van der Waals surface area contributed by atoms with Gasteiger partial charge in [-0.25, -0.2) is 4.79 Å². The van der Waals surface area contributed by atoms with E-state index in [2.05, 4.69) is 4.74 Å². The van der Waals surface area contributed by atoms with E-state index in [1.165, 1.54) is 6.92 Å². The summed E-state index contributed by atoms with van der Waals surface area (Å²) < 4.78 is 42.4. The highest BCUT2D eigenvalue weighted by molar-refractivity contribution is 6.20. The Kier molecular flexibility index (Phi) is 4.03. The maximum atomic E-state index is 12.6. The van der Waals surface area contributed by atoms with Gasteiger partial charge in [0, 0.05) is 0 Å². The molecule has 1 unspecified atom stereocenters. The lowest BCUT2D eigenvalue weighted by Crippen LogP contribution is -2.11. The molecule has 1 rings (SSSR count). The van der Waals surface area contributed by atoms with Crippen molar-refractivity contribution in [2.45, 2.75) is 18.5 Å². The Bertz CT molecular complexity index is 427. The lowest BCUT2D eigenvalue weighted by atomic mass is 10.0. The molecule has 0 aliphatic carbocycles. The average Bonchev–Trinajstić information content (AvgIpc) is 2.25. The first-order valence-corrected chi connectivity index (χ1v) is 5.14. The van der Waals surface area contributed by atoms with E-state index >= 15 is 0 Å². The molecule has 94 valence electrons. The van der Waals surface area contributed by atoms with Crippen molar-refractivity contribution in [1.82, 2.24) is 0 Å². The monoisotopic (exact) mass is 266 g/mol. The van der Waals surface area contributed by atoms with Crippen molar-refractivity contribution in [3.63, 3.8) is 0 Å². The third-order valence-corrected chi connectivity index (χ3v) is 2.44. The van der Waals surface area contributed by atoms with Crippen molar-refractivity contribution in [2.24, 2.45) is 0 Å². The molecular weight excluding hydrogens is 257 g/mol. The van der Waals surface area contributed by atoms with Crippen LogP contribution in [0.25, 0.3) is 0 Å². The first kappa shape index (κ1) is 13.8. The maximum Gasteiger partial charge on any atom is 0.416 e. The Labute approximate surface area is 101 Å². The summed E-state index contributed by atoms with van der Waals surface area (Å²) in [7, 11) is 1.16. The molecule has 17 heavy (non-hydrogen) atoms. The minimum Gasteiger partial charge on any atom is -0.465 e. The summed E-state index contributed by atoms with van der Waals surface area (Å²) in [5.74, 6) is -0.697. The van der Waals surface area contributed by atoms with Gasteiger partial charge >= 0.3 is 12.1 Å². The van der Waals surface area contributed by atoms with Crippen molar-refractivity contribution in [3.8, 4) is 0 Å². The number of carbonyl (C=O) groups excluding carboxylic acids is 1. The molecule has 0 aromatic heterocycles. The Balaban J connectivity index is 3.32. The molecule has 0 spiro atoms. The standard InChI is InChI=1S/C11H10ClF3O2/c1-6(12)8-5-7(10(16)17-2)3-4-9(8)11(13,14)15/h3-6H,1-2H3. The van der Waals surface area contributed by atoms with Gasteiger partial charge in [-0.15, -0.1) is 11.6 Å². The molecule has 0 aliphatic heterocycles. The van der Waals surface area contributed by atoms with Crippen molar-refractivity contribution in [2.75, 3.05) is 7.11 Å². The first-order chi connectivity index (χ1) is 7.77. The Morgan fingerprint density at radius 2 is 2.00 bits per heavy atom. The summed E-state index contributed by atoms with van der Waals surface area (Å²) in [6.07, 6.45) is -4.49. The summed E-state index contributed by atoms with van der Waals surface area (Å²) in [5.41, 5.74) is -0.933. The van der Waals surface area contributed by atoms with Crippen LogP contribution in [-0.2, 0) is 10.9 Å². The van der Waals surface area contributed by atoms with Crippen LogP contribution in [0.5, 0.6) is 0 Å². The molecule has 0 heterocycles. The van der Waals surface area contributed by atoms with Crippen molar-refractivity contribution < 1.29 is 22.7 Å². The van der Waals surface area contributed by atoms with Gasteiger partial charge in [-0.1, -0.05) is 0 Å². The van der Waals surface area contributed by atoms with Crippen molar-refractivity contribution in [3.05, 3.63) is 34.9 Å². The van der Waals surface area contributed by atoms with Crippen LogP contribution in [0, 0.1) is 0 Å². The van der Waals surface area contributed by atoms with Gasteiger partial charge in [0.05, 0.1) is 23.6 Å². The fourth-order valence-corrected chi connectivity index (χ4v) is 1.58. The van der Waals surface area contributed by atoms with E-state index in [1.807, 2.05) is 0 Å². The molecule has 1 atom stereocenters. The Morgan fingerprint density at radius 3 is 2.41 bits per heavy atom. The summed E-state index contributed by atoms with van der Waals surface area (Å²) in [4.78, 5) is 11.2. The van der Waals surface area contributed by atoms with Crippen molar-refractivity contribution in [1.29, 1.82) is 0 Å². The van der Waals surface area contributed by atoms with Gasteiger partial charge in [-0.2, -0.15) is 13.2 Å². The van der Waals surface area contributed by atoms with Gasteiger partial charge in [0.2, 0.25) is 0 Å². The molecule has 0 saturated carbocycles. The van der Waals surface area contributed by atoms with Gasteiger partial charge in [0.1, 0.15) is 0 Å². The lowest BCUT2D eigenvalue weighted by Gasteiger charge is -2.15. The molecule has 0 aliphatic rings. The number of alkyl halides is 4. The van der Waals surface area contributed by atoms with Gasteiger partial charge in [0.15, 0.2) is 0 Å². The lowest BCUT2D eigenvalue weighted by molar-refractivity contribution is -0.138. The molecule has 0 saturated heterocycles. The molecular formula is C11H10ClF3O2. The zero-order chi connectivity index (χ0) is 13.2. The predicted molar refractivity (Wildman–Crippen MR) is 57.1 cm³/mol. The van der Waals surface area contributed by atoms with E-state index in [0.29, 0.717) is 0 Å². The SMILES string of the molecule is COC(=O)c1ccc(C(F)(F)F)c(C(C)Cl)c1. The second kappa shape index (κ2) is 4.96. The van der Waals surface area contributed by atoms with Crippen LogP contribution in [0.1, 0.15) is 33.8 Å². The molecule has 0 fully saturated rings. The first-order valence-electron chi connectivity index (χ1n) is 4.71. The van der Waals surface area contributed by atoms with Gasteiger partial charge in [-0.05, 0) is 30.7 Å². The number of benzene rings is 1. The van der Waals surface area contributed by atoms with Crippen LogP contribution in [-0.4, -0.2) is 13.1 Å². The number of hydrogen-bond donors (Lipinski definition) is 0. The van der Waals surface area contributed by atoms with E-state index in [1.54, 1.807) is 0 Å². The van der Waals surface area contributed by atoms with Gasteiger partial charge in [0.25, 0.3) is 0 Å². The number of ether oxygens (including phenoxy) is 1.